The fourth-order valence-corrected chi connectivity index (χ4v) is 3.52. The summed E-state index contributed by atoms with van der Waals surface area (Å²) in [6.07, 6.45) is -0.745. The Hall–Kier alpha value is -3.73. The Morgan fingerprint density at radius 2 is 1.85 bits per heavy atom. The van der Waals surface area contributed by atoms with Crippen molar-refractivity contribution in [3.05, 3.63) is 75.0 Å². The summed E-state index contributed by atoms with van der Waals surface area (Å²) in [7, 11) is 3.92. The first-order valence-corrected chi connectivity index (χ1v) is 10.3. The number of hydrogen-bond donors (Lipinski definition) is 0. The van der Waals surface area contributed by atoms with Crippen molar-refractivity contribution in [2.75, 3.05) is 20.6 Å². The van der Waals surface area contributed by atoms with Crippen LogP contribution in [0, 0.1) is 0 Å². The first-order valence-electron chi connectivity index (χ1n) is 10.3. The summed E-state index contributed by atoms with van der Waals surface area (Å²) in [4.78, 5) is 32.6. The highest BCUT2D eigenvalue weighted by atomic mass is 19.3. The molecule has 11 heteroatoms. The number of hydrogen-bond acceptors (Lipinski definition) is 7. The molecule has 0 N–H and O–H groups in total. The van der Waals surface area contributed by atoms with Crippen LogP contribution < -0.4 is 11.2 Å². The number of aryl methyl sites for hydroxylation is 1. The number of rotatable bonds is 8. The minimum absolute atomic E-state index is 0.0391. The summed E-state index contributed by atoms with van der Waals surface area (Å²) in [6.45, 7) is 1.22. The van der Waals surface area contributed by atoms with Gasteiger partial charge in [-0.2, -0.15) is 8.78 Å². The predicted octanol–water partition coefficient (Wildman–Crippen LogP) is 2.55. The first kappa shape index (κ1) is 22.5. The van der Waals surface area contributed by atoms with E-state index in [0.29, 0.717) is 28.7 Å². The van der Waals surface area contributed by atoms with E-state index in [0.717, 1.165) is 17.5 Å². The van der Waals surface area contributed by atoms with Crippen LogP contribution in [0.2, 0.25) is 0 Å². The molecular weight excluding hydrogens is 434 g/mol. The summed E-state index contributed by atoms with van der Waals surface area (Å²) >= 11 is 0. The number of halogens is 2. The van der Waals surface area contributed by atoms with E-state index >= 15 is 0 Å². The zero-order chi connectivity index (χ0) is 23.5. The molecule has 0 atom stereocenters. The van der Waals surface area contributed by atoms with E-state index in [9.17, 15) is 18.4 Å². The summed E-state index contributed by atoms with van der Waals surface area (Å²) in [5.74, 6) is -0.859. The molecule has 1 aromatic carbocycles. The smallest absolute Gasteiger partial charge is 0.331 e. The zero-order valence-electron chi connectivity index (χ0n) is 18.1. The lowest BCUT2D eigenvalue weighted by Gasteiger charge is -2.15. The summed E-state index contributed by atoms with van der Waals surface area (Å²) in [5, 5.41) is 7.33. The van der Waals surface area contributed by atoms with Gasteiger partial charge < -0.3 is 9.32 Å². The standard InChI is InChI=1S/C22H22F2N6O3/c1-28(2)10-5-11-29-17-7-4-3-6-16(17)21(31)30(22(29)32)13-15-9-8-14(12-25-15)19-26-27-20(33-19)18(23)24/h3-4,6-9,12,18H,5,10-11,13H2,1-2H3. The lowest BCUT2D eigenvalue weighted by molar-refractivity contribution is 0.116. The van der Waals surface area contributed by atoms with Crippen LogP contribution in [0.1, 0.15) is 24.4 Å². The molecule has 9 nitrogen and oxygen atoms in total. The van der Waals surface area contributed by atoms with Gasteiger partial charge in [0.05, 0.1) is 28.7 Å². The third-order valence-corrected chi connectivity index (χ3v) is 5.14. The maximum absolute atomic E-state index is 13.2. The van der Waals surface area contributed by atoms with Crippen molar-refractivity contribution in [3.8, 4) is 11.5 Å². The average Bonchev–Trinajstić information content (AvgIpc) is 3.30. The molecule has 4 rings (SSSR count). The third kappa shape index (κ3) is 4.72. The number of benzene rings is 1. The first-order chi connectivity index (χ1) is 15.8. The van der Waals surface area contributed by atoms with Gasteiger partial charge in [-0.05, 0) is 51.3 Å². The molecule has 3 aromatic heterocycles. The molecule has 0 spiro atoms. The van der Waals surface area contributed by atoms with E-state index in [1.54, 1.807) is 41.0 Å². The molecule has 4 aromatic rings. The molecule has 0 unspecified atom stereocenters. The number of aromatic nitrogens is 5. The van der Waals surface area contributed by atoms with Gasteiger partial charge in [0.1, 0.15) is 0 Å². The molecule has 3 heterocycles. The molecule has 0 bridgehead atoms. The van der Waals surface area contributed by atoms with Crippen LogP contribution in [0.15, 0.2) is 56.6 Å². The number of pyridine rings is 1. The molecule has 33 heavy (non-hydrogen) atoms. The van der Waals surface area contributed by atoms with Crippen molar-refractivity contribution in [2.45, 2.75) is 25.9 Å². The molecule has 0 saturated carbocycles. The lowest BCUT2D eigenvalue weighted by atomic mass is 10.2. The molecule has 0 radical (unpaired) electrons. The van der Waals surface area contributed by atoms with Gasteiger partial charge in [-0.15, -0.1) is 10.2 Å². The van der Waals surface area contributed by atoms with E-state index in [4.69, 9.17) is 4.42 Å². The SMILES string of the molecule is CN(C)CCCn1c(=O)n(Cc2ccc(-c3nnc(C(F)F)o3)cn2)c(=O)c2ccccc21. The Morgan fingerprint density at radius 3 is 2.52 bits per heavy atom. The van der Waals surface area contributed by atoms with Crippen LogP contribution in [0.25, 0.3) is 22.4 Å². The molecule has 0 aliphatic heterocycles. The van der Waals surface area contributed by atoms with Crippen molar-refractivity contribution in [2.24, 2.45) is 0 Å². The largest absolute Gasteiger partial charge is 0.415 e. The van der Waals surface area contributed by atoms with Gasteiger partial charge in [0, 0.05) is 12.7 Å². The minimum atomic E-state index is -2.86. The Labute approximate surface area is 186 Å². The lowest BCUT2D eigenvalue weighted by Crippen LogP contribution is -2.40. The fraction of sp³-hybridized carbons (Fsp3) is 0.318. The molecule has 0 fully saturated rings. The maximum atomic E-state index is 13.2. The van der Waals surface area contributed by atoms with E-state index in [1.807, 2.05) is 19.0 Å². The number of alkyl halides is 2. The number of nitrogens with zero attached hydrogens (tertiary/aromatic N) is 6. The fourth-order valence-electron chi connectivity index (χ4n) is 3.52. The van der Waals surface area contributed by atoms with Crippen molar-refractivity contribution < 1.29 is 13.2 Å². The Balaban J connectivity index is 1.66. The zero-order valence-corrected chi connectivity index (χ0v) is 18.1. The highest BCUT2D eigenvalue weighted by molar-refractivity contribution is 5.77. The molecule has 172 valence electrons. The highest BCUT2D eigenvalue weighted by Gasteiger charge is 2.18. The normalized spacial score (nSPS) is 11.7. The van der Waals surface area contributed by atoms with Crippen LogP contribution in [0.4, 0.5) is 8.78 Å². The van der Waals surface area contributed by atoms with Crippen LogP contribution in [-0.2, 0) is 13.1 Å². The van der Waals surface area contributed by atoms with Gasteiger partial charge in [-0.3, -0.25) is 18.9 Å². The quantitative estimate of drug-likeness (QED) is 0.402. The Bertz CT molecular complexity index is 1380. The van der Waals surface area contributed by atoms with Crippen molar-refractivity contribution in [3.63, 3.8) is 0 Å². The number of fused-ring (bicyclic) bond motifs is 1. The van der Waals surface area contributed by atoms with Crippen molar-refractivity contribution >= 4 is 10.9 Å². The monoisotopic (exact) mass is 456 g/mol. The highest BCUT2D eigenvalue weighted by Crippen LogP contribution is 2.22. The van der Waals surface area contributed by atoms with Crippen LogP contribution in [-0.4, -0.2) is 49.9 Å². The Morgan fingerprint density at radius 1 is 1.06 bits per heavy atom. The summed E-state index contributed by atoms with van der Waals surface area (Å²) in [6, 6.07) is 10.2. The van der Waals surface area contributed by atoms with E-state index in [2.05, 4.69) is 15.2 Å². The van der Waals surface area contributed by atoms with Crippen molar-refractivity contribution in [1.29, 1.82) is 0 Å². The Kier molecular flexibility index (Phi) is 6.40. The van der Waals surface area contributed by atoms with Crippen LogP contribution >= 0.6 is 0 Å². The minimum Gasteiger partial charge on any atom is -0.415 e. The van der Waals surface area contributed by atoms with E-state index in [-0.39, 0.29) is 12.4 Å². The molecule has 0 saturated heterocycles. The number of para-hydroxylation sites is 1. The molecule has 0 aliphatic rings. The topological polar surface area (TPSA) is 99.1 Å². The van der Waals surface area contributed by atoms with Crippen LogP contribution in [0.5, 0.6) is 0 Å². The molecule has 0 aliphatic carbocycles. The third-order valence-electron chi connectivity index (χ3n) is 5.14. The average molecular weight is 456 g/mol. The molecule has 0 amide bonds. The van der Waals surface area contributed by atoms with Gasteiger partial charge in [0.25, 0.3) is 11.4 Å². The van der Waals surface area contributed by atoms with Gasteiger partial charge in [0.15, 0.2) is 0 Å². The second-order valence-corrected chi connectivity index (χ2v) is 7.78. The second-order valence-electron chi connectivity index (χ2n) is 7.78. The molecular formula is C22H22F2N6O3. The maximum Gasteiger partial charge on any atom is 0.331 e. The van der Waals surface area contributed by atoms with Gasteiger partial charge in [0.2, 0.25) is 5.89 Å². The van der Waals surface area contributed by atoms with Crippen LogP contribution in [0.3, 0.4) is 0 Å². The van der Waals surface area contributed by atoms with Gasteiger partial charge in [-0.1, -0.05) is 12.1 Å². The predicted molar refractivity (Wildman–Crippen MR) is 117 cm³/mol. The summed E-state index contributed by atoms with van der Waals surface area (Å²) in [5.41, 5.74) is 0.578. The summed E-state index contributed by atoms with van der Waals surface area (Å²) < 4.78 is 33.0. The van der Waals surface area contributed by atoms with Crippen molar-refractivity contribution in [1.82, 2.24) is 29.2 Å². The van der Waals surface area contributed by atoms with E-state index < -0.39 is 23.6 Å². The van der Waals surface area contributed by atoms with Gasteiger partial charge in [-0.25, -0.2) is 4.79 Å². The van der Waals surface area contributed by atoms with Gasteiger partial charge >= 0.3 is 12.1 Å². The van der Waals surface area contributed by atoms with E-state index in [1.165, 1.54) is 6.20 Å². The second kappa shape index (κ2) is 9.41.